The van der Waals surface area contributed by atoms with E-state index in [1.165, 1.54) is 0 Å². The van der Waals surface area contributed by atoms with Crippen LogP contribution in [0.5, 0.6) is 5.75 Å². The normalized spacial score (nSPS) is 23.2. The minimum Gasteiger partial charge on any atom is -0.496 e. The Hall–Kier alpha value is -1.75. The average Bonchev–Trinajstić information content (AvgIpc) is 2.36. The number of ether oxygens (including phenoxy) is 2. The number of carbonyl (C=O) groups is 1. The van der Waals surface area contributed by atoms with Gasteiger partial charge in [0.05, 0.1) is 24.9 Å². The summed E-state index contributed by atoms with van der Waals surface area (Å²) in [5.74, 6) is 0.483. The molecule has 1 fully saturated rings. The van der Waals surface area contributed by atoms with E-state index in [-0.39, 0.29) is 18.1 Å². The van der Waals surface area contributed by atoms with Crippen molar-refractivity contribution in [2.24, 2.45) is 0 Å². The summed E-state index contributed by atoms with van der Waals surface area (Å²) in [5.41, 5.74) is 6.81. The van der Waals surface area contributed by atoms with E-state index < -0.39 is 0 Å². The Morgan fingerprint density at radius 1 is 1.37 bits per heavy atom. The number of hydrogen-bond acceptors (Lipinski definition) is 4. The predicted octanol–water partition coefficient (Wildman–Crippen LogP) is 1.53. The van der Waals surface area contributed by atoms with E-state index in [1.54, 1.807) is 30.2 Å². The molecule has 2 atom stereocenters. The summed E-state index contributed by atoms with van der Waals surface area (Å²) < 4.78 is 10.9. The molecule has 1 heterocycles. The molecule has 19 heavy (non-hydrogen) atoms. The molecule has 1 saturated heterocycles. The number of morpholine rings is 1. The van der Waals surface area contributed by atoms with Crippen molar-refractivity contribution in [3.63, 3.8) is 0 Å². The van der Waals surface area contributed by atoms with Crippen LogP contribution in [0.15, 0.2) is 18.2 Å². The van der Waals surface area contributed by atoms with E-state index in [2.05, 4.69) is 0 Å². The van der Waals surface area contributed by atoms with E-state index in [1.807, 2.05) is 13.8 Å². The molecule has 0 unspecified atom stereocenters. The van der Waals surface area contributed by atoms with Crippen LogP contribution in [0.3, 0.4) is 0 Å². The molecule has 1 aromatic carbocycles. The Bertz CT molecular complexity index is 466. The largest absolute Gasteiger partial charge is 0.496 e. The van der Waals surface area contributed by atoms with E-state index in [0.29, 0.717) is 30.1 Å². The van der Waals surface area contributed by atoms with Crippen molar-refractivity contribution in [1.29, 1.82) is 0 Å². The van der Waals surface area contributed by atoms with Gasteiger partial charge in [0.1, 0.15) is 5.75 Å². The van der Waals surface area contributed by atoms with Crippen molar-refractivity contribution in [2.45, 2.75) is 26.1 Å². The molecule has 2 rings (SSSR count). The number of hydrogen-bond donors (Lipinski definition) is 1. The lowest BCUT2D eigenvalue weighted by atomic mass is 10.1. The van der Waals surface area contributed by atoms with Crippen LogP contribution in [0, 0.1) is 0 Å². The van der Waals surface area contributed by atoms with Gasteiger partial charge in [-0.1, -0.05) is 0 Å². The summed E-state index contributed by atoms with van der Waals surface area (Å²) in [7, 11) is 1.55. The van der Waals surface area contributed by atoms with Crippen LogP contribution in [0.25, 0.3) is 0 Å². The van der Waals surface area contributed by atoms with E-state index >= 15 is 0 Å². The Kier molecular flexibility index (Phi) is 3.95. The van der Waals surface area contributed by atoms with Crippen molar-refractivity contribution in [3.8, 4) is 5.75 Å². The van der Waals surface area contributed by atoms with Gasteiger partial charge in [-0.05, 0) is 32.0 Å². The van der Waals surface area contributed by atoms with Gasteiger partial charge in [-0.3, -0.25) is 4.79 Å². The lowest BCUT2D eigenvalue weighted by molar-refractivity contribution is -0.0586. The van der Waals surface area contributed by atoms with Crippen molar-refractivity contribution < 1.29 is 14.3 Å². The SMILES string of the molecule is COc1ccc(N)cc1C(=O)N1C[C@H](C)O[C@@H](C)C1. The first kappa shape index (κ1) is 13.7. The van der Waals surface area contributed by atoms with Crippen molar-refractivity contribution in [1.82, 2.24) is 4.90 Å². The van der Waals surface area contributed by atoms with E-state index in [0.717, 1.165) is 0 Å². The third-order valence-electron chi connectivity index (χ3n) is 3.16. The van der Waals surface area contributed by atoms with Gasteiger partial charge in [-0.15, -0.1) is 0 Å². The standard InChI is InChI=1S/C14H20N2O3/c1-9-7-16(8-10(2)19-9)14(17)12-6-11(15)4-5-13(12)18-3/h4-6,9-10H,7-8,15H2,1-3H3/t9-,10-/m0/s1. The summed E-state index contributed by atoms with van der Waals surface area (Å²) in [6.07, 6.45) is 0.0829. The third kappa shape index (κ3) is 2.98. The maximum atomic E-state index is 12.6. The minimum absolute atomic E-state index is 0.0414. The second-order valence-corrected chi connectivity index (χ2v) is 4.93. The number of nitrogens with zero attached hydrogens (tertiary/aromatic N) is 1. The zero-order valence-electron chi connectivity index (χ0n) is 11.6. The van der Waals surface area contributed by atoms with Gasteiger partial charge in [-0.25, -0.2) is 0 Å². The van der Waals surface area contributed by atoms with Crippen LogP contribution in [-0.2, 0) is 4.74 Å². The molecule has 0 saturated carbocycles. The Labute approximate surface area is 113 Å². The molecule has 0 aliphatic carbocycles. The van der Waals surface area contributed by atoms with E-state index in [4.69, 9.17) is 15.2 Å². The van der Waals surface area contributed by atoms with Crippen molar-refractivity contribution >= 4 is 11.6 Å². The molecule has 0 radical (unpaired) electrons. The molecule has 2 N–H and O–H groups in total. The van der Waals surface area contributed by atoms with E-state index in [9.17, 15) is 4.79 Å². The highest BCUT2D eigenvalue weighted by molar-refractivity contribution is 5.98. The molecule has 0 bridgehead atoms. The lowest BCUT2D eigenvalue weighted by Crippen LogP contribution is -2.48. The second-order valence-electron chi connectivity index (χ2n) is 4.93. The molecule has 1 aromatic rings. The minimum atomic E-state index is -0.0637. The molecule has 0 aromatic heterocycles. The van der Waals surface area contributed by atoms with Gasteiger partial charge in [0.15, 0.2) is 0 Å². The molecule has 5 heteroatoms. The van der Waals surface area contributed by atoms with Gasteiger partial charge in [0.2, 0.25) is 0 Å². The number of anilines is 1. The second kappa shape index (κ2) is 5.48. The van der Waals surface area contributed by atoms with Crippen molar-refractivity contribution in [2.75, 3.05) is 25.9 Å². The summed E-state index contributed by atoms with van der Waals surface area (Å²) in [4.78, 5) is 14.3. The van der Waals surface area contributed by atoms with Crippen LogP contribution in [-0.4, -0.2) is 43.2 Å². The van der Waals surface area contributed by atoms with Crippen LogP contribution in [0.2, 0.25) is 0 Å². The highest BCUT2D eigenvalue weighted by atomic mass is 16.5. The Morgan fingerprint density at radius 3 is 2.58 bits per heavy atom. The molecule has 0 spiro atoms. The Balaban J connectivity index is 2.26. The lowest BCUT2D eigenvalue weighted by Gasteiger charge is -2.35. The van der Waals surface area contributed by atoms with Crippen LogP contribution < -0.4 is 10.5 Å². The van der Waals surface area contributed by atoms with Gasteiger partial charge >= 0.3 is 0 Å². The van der Waals surface area contributed by atoms with Gasteiger partial charge in [-0.2, -0.15) is 0 Å². The number of benzene rings is 1. The maximum Gasteiger partial charge on any atom is 0.257 e. The number of nitrogens with two attached hydrogens (primary N) is 1. The first-order valence-electron chi connectivity index (χ1n) is 6.39. The highest BCUT2D eigenvalue weighted by Crippen LogP contribution is 2.24. The fraction of sp³-hybridized carbons (Fsp3) is 0.500. The number of carbonyl (C=O) groups excluding carboxylic acids is 1. The first-order chi connectivity index (χ1) is 9.01. The quantitative estimate of drug-likeness (QED) is 0.823. The summed E-state index contributed by atoms with van der Waals surface area (Å²) in [6.45, 7) is 5.10. The molecule has 104 valence electrons. The summed E-state index contributed by atoms with van der Waals surface area (Å²) in [6, 6.07) is 5.10. The fourth-order valence-corrected chi connectivity index (χ4v) is 2.41. The van der Waals surface area contributed by atoms with Gasteiger partial charge in [0.25, 0.3) is 5.91 Å². The monoisotopic (exact) mass is 264 g/mol. The smallest absolute Gasteiger partial charge is 0.257 e. The first-order valence-corrected chi connectivity index (χ1v) is 6.39. The average molecular weight is 264 g/mol. The van der Waals surface area contributed by atoms with Crippen LogP contribution >= 0.6 is 0 Å². The molecule has 5 nitrogen and oxygen atoms in total. The zero-order chi connectivity index (χ0) is 14.0. The highest BCUT2D eigenvalue weighted by Gasteiger charge is 2.28. The molecular formula is C14H20N2O3. The third-order valence-corrected chi connectivity index (χ3v) is 3.16. The number of amides is 1. The molecule has 1 aliphatic heterocycles. The van der Waals surface area contributed by atoms with Gasteiger partial charge < -0.3 is 20.1 Å². The zero-order valence-corrected chi connectivity index (χ0v) is 11.6. The number of nitrogen functional groups attached to an aromatic ring is 1. The van der Waals surface area contributed by atoms with Crippen LogP contribution in [0.1, 0.15) is 24.2 Å². The molecule has 1 aliphatic rings. The van der Waals surface area contributed by atoms with Crippen molar-refractivity contribution in [3.05, 3.63) is 23.8 Å². The van der Waals surface area contributed by atoms with Gasteiger partial charge in [0, 0.05) is 18.8 Å². The summed E-state index contributed by atoms with van der Waals surface area (Å²) in [5, 5.41) is 0. The fourth-order valence-electron chi connectivity index (χ4n) is 2.41. The van der Waals surface area contributed by atoms with Crippen LogP contribution in [0.4, 0.5) is 5.69 Å². The molecular weight excluding hydrogens is 244 g/mol. The molecule has 1 amide bonds. The maximum absolute atomic E-state index is 12.6. The summed E-state index contributed by atoms with van der Waals surface area (Å²) >= 11 is 0. The predicted molar refractivity (Wildman–Crippen MR) is 73.3 cm³/mol. The topological polar surface area (TPSA) is 64.8 Å². The number of rotatable bonds is 2. The Morgan fingerprint density at radius 2 is 2.00 bits per heavy atom. The number of methoxy groups -OCH3 is 1.